The number of fused-ring (bicyclic) bond motifs is 1. The van der Waals surface area contributed by atoms with Crippen molar-refractivity contribution in [3.8, 4) is 0 Å². The van der Waals surface area contributed by atoms with Crippen LogP contribution < -0.4 is 5.73 Å². The summed E-state index contributed by atoms with van der Waals surface area (Å²) in [6, 6.07) is 14.6. The average Bonchev–Trinajstić information content (AvgIpc) is 2.94. The molecule has 1 aliphatic carbocycles. The summed E-state index contributed by atoms with van der Waals surface area (Å²) in [4.78, 5) is 14.3. The van der Waals surface area contributed by atoms with Gasteiger partial charge in [0, 0.05) is 13.6 Å². The van der Waals surface area contributed by atoms with E-state index in [9.17, 15) is 4.79 Å². The van der Waals surface area contributed by atoms with E-state index >= 15 is 0 Å². The number of rotatable bonds is 3. The fraction of sp³-hybridized carbons (Fsp3) is 0.389. The Hall–Kier alpha value is -1.58. The summed E-state index contributed by atoms with van der Waals surface area (Å²) in [5.74, 6) is 0.0770. The van der Waals surface area contributed by atoms with Crippen LogP contribution in [0.4, 0.5) is 0 Å². The lowest BCUT2D eigenvalue weighted by molar-refractivity contribution is -0.136. The van der Waals surface area contributed by atoms with Crippen LogP contribution in [0.5, 0.6) is 0 Å². The number of carbonyl (C=O) groups is 1. The normalized spacial score (nSPS) is 16.3. The summed E-state index contributed by atoms with van der Waals surface area (Å²) in [5, 5.41) is 2.43. The highest BCUT2D eigenvalue weighted by Gasteiger charge is 2.38. The van der Waals surface area contributed by atoms with E-state index in [1.54, 1.807) is 4.90 Å². The molecule has 0 heterocycles. The smallest absolute Gasteiger partial charge is 0.242 e. The quantitative estimate of drug-likeness (QED) is 0.941. The predicted octanol–water partition coefficient (Wildman–Crippen LogP) is 3.49. The fourth-order valence-electron chi connectivity index (χ4n) is 3.28. The van der Waals surface area contributed by atoms with Crippen LogP contribution in [0.2, 0.25) is 0 Å². The van der Waals surface area contributed by atoms with Crippen LogP contribution in [0.15, 0.2) is 42.5 Å². The van der Waals surface area contributed by atoms with Gasteiger partial charge in [-0.15, -0.1) is 12.4 Å². The number of hydrogen-bond donors (Lipinski definition) is 1. The third kappa shape index (κ3) is 3.26. The maximum absolute atomic E-state index is 12.5. The zero-order valence-electron chi connectivity index (χ0n) is 12.9. The van der Waals surface area contributed by atoms with Gasteiger partial charge in [0.2, 0.25) is 5.91 Å². The lowest BCUT2D eigenvalue weighted by atomic mass is 9.97. The second-order valence-corrected chi connectivity index (χ2v) is 6.21. The molecule has 2 aromatic carbocycles. The van der Waals surface area contributed by atoms with Crippen molar-refractivity contribution in [2.45, 2.75) is 37.8 Å². The van der Waals surface area contributed by atoms with Crippen molar-refractivity contribution in [2.24, 2.45) is 5.73 Å². The van der Waals surface area contributed by atoms with E-state index in [4.69, 9.17) is 5.73 Å². The highest BCUT2D eigenvalue weighted by atomic mass is 35.5. The summed E-state index contributed by atoms with van der Waals surface area (Å²) >= 11 is 0. The van der Waals surface area contributed by atoms with E-state index in [1.165, 1.54) is 10.8 Å². The number of hydrogen-bond acceptors (Lipinski definition) is 2. The molecule has 3 rings (SSSR count). The van der Waals surface area contributed by atoms with Crippen LogP contribution in [-0.4, -0.2) is 23.4 Å². The van der Waals surface area contributed by atoms with Crippen molar-refractivity contribution < 1.29 is 4.79 Å². The van der Waals surface area contributed by atoms with Gasteiger partial charge in [-0.1, -0.05) is 49.2 Å². The number of likely N-dealkylation sites (N-methyl/N-ethyl adjacent to an activating group) is 1. The van der Waals surface area contributed by atoms with E-state index in [2.05, 4.69) is 30.3 Å². The predicted molar refractivity (Wildman–Crippen MR) is 93.1 cm³/mol. The van der Waals surface area contributed by atoms with Gasteiger partial charge in [0.25, 0.3) is 0 Å². The molecule has 0 aliphatic heterocycles. The average molecular weight is 319 g/mol. The molecule has 0 spiro atoms. The SMILES string of the molecule is CN(Cc1ccc2ccccc2c1)C(=O)C1(N)CCCC1.Cl. The van der Waals surface area contributed by atoms with E-state index in [1.807, 2.05) is 19.2 Å². The highest BCUT2D eigenvalue weighted by Crippen LogP contribution is 2.29. The van der Waals surface area contributed by atoms with Crippen LogP contribution in [0, 0.1) is 0 Å². The molecule has 1 amide bonds. The number of amides is 1. The van der Waals surface area contributed by atoms with Gasteiger partial charge in [0.15, 0.2) is 0 Å². The van der Waals surface area contributed by atoms with Crippen molar-refractivity contribution in [1.82, 2.24) is 4.90 Å². The van der Waals surface area contributed by atoms with Crippen molar-refractivity contribution in [2.75, 3.05) is 7.05 Å². The van der Waals surface area contributed by atoms with Gasteiger partial charge in [-0.25, -0.2) is 0 Å². The zero-order valence-corrected chi connectivity index (χ0v) is 13.7. The lowest BCUT2D eigenvalue weighted by Crippen LogP contribution is -2.52. The minimum absolute atomic E-state index is 0. The molecule has 1 saturated carbocycles. The molecule has 0 unspecified atom stereocenters. The fourth-order valence-corrected chi connectivity index (χ4v) is 3.28. The monoisotopic (exact) mass is 318 g/mol. The largest absolute Gasteiger partial charge is 0.340 e. The van der Waals surface area contributed by atoms with Crippen molar-refractivity contribution >= 4 is 29.1 Å². The molecule has 1 aliphatic rings. The Morgan fingerprint density at radius 2 is 1.77 bits per heavy atom. The Morgan fingerprint density at radius 1 is 1.14 bits per heavy atom. The Bertz CT molecular complexity index is 665. The van der Waals surface area contributed by atoms with E-state index in [0.717, 1.165) is 31.2 Å². The third-order valence-corrected chi connectivity index (χ3v) is 4.50. The number of halogens is 1. The molecule has 0 bridgehead atoms. The zero-order chi connectivity index (χ0) is 14.9. The number of carbonyl (C=O) groups excluding carboxylic acids is 1. The molecule has 0 aromatic heterocycles. The third-order valence-electron chi connectivity index (χ3n) is 4.50. The second kappa shape index (κ2) is 6.67. The number of benzene rings is 2. The van der Waals surface area contributed by atoms with E-state index in [0.29, 0.717) is 6.54 Å². The molecule has 3 nitrogen and oxygen atoms in total. The topological polar surface area (TPSA) is 46.3 Å². The molecule has 1 fully saturated rings. The van der Waals surface area contributed by atoms with Crippen LogP contribution in [0.25, 0.3) is 10.8 Å². The Morgan fingerprint density at radius 3 is 2.45 bits per heavy atom. The summed E-state index contributed by atoms with van der Waals surface area (Å²) in [7, 11) is 1.85. The summed E-state index contributed by atoms with van der Waals surface area (Å²) in [6.45, 7) is 0.614. The molecule has 0 atom stereocenters. The maximum atomic E-state index is 12.5. The molecule has 0 radical (unpaired) electrons. The van der Waals surface area contributed by atoms with Gasteiger partial charge in [-0.2, -0.15) is 0 Å². The minimum Gasteiger partial charge on any atom is -0.340 e. The summed E-state index contributed by atoms with van der Waals surface area (Å²) in [6.07, 6.45) is 3.75. The molecule has 2 N–H and O–H groups in total. The molecule has 2 aromatic rings. The van der Waals surface area contributed by atoms with Crippen molar-refractivity contribution in [1.29, 1.82) is 0 Å². The van der Waals surface area contributed by atoms with Crippen LogP contribution in [-0.2, 0) is 11.3 Å². The molecule has 118 valence electrons. The summed E-state index contributed by atoms with van der Waals surface area (Å²) < 4.78 is 0. The first-order chi connectivity index (χ1) is 10.1. The minimum atomic E-state index is -0.633. The number of nitrogens with two attached hydrogens (primary N) is 1. The highest BCUT2D eigenvalue weighted by molar-refractivity contribution is 5.87. The molecular formula is C18H23ClN2O. The second-order valence-electron chi connectivity index (χ2n) is 6.21. The van der Waals surface area contributed by atoms with Crippen LogP contribution >= 0.6 is 12.4 Å². The molecule has 0 saturated heterocycles. The van der Waals surface area contributed by atoms with Crippen LogP contribution in [0.1, 0.15) is 31.2 Å². The maximum Gasteiger partial charge on any atom is 0.242 e. The molecular weight excluding hydrogens is 296 g/mol. The van der Waals surface area contributed by atoms with Crippen molar-refractivity contribution in [3.05, 3.63) is 48.0 Å². The summed E-state index contributed by atoms with van der Waals surface area (Å²) in [5.41, 5.74) is 6.77. The lowest BCUT2D eigenvalue weighted by Gasteiger charge is -2.28. The van der Waals surface area contributed by atoms with Gasteiger partial charge in [0.1, 0.15) is 0 Å². The van der Waals surface area contributed by atoms with Crippen LogP contribution in [0.3, 0.4) is 0 Å². The van der Waals surface area contributed by atoms with E-state index < -0.39 is 5.54 Å². The standard InChI is InChI=1S/C18H22N2O.ClH/c1-20(17(21)18(19)10-4-5-11-18)13-14-8-9-15-6-2-3-7-16(15)12-14;/h2-3,6-9,12H,4-5,10-11,13,19H2,1H3;1H. The molecule has 4 heteroatoms. The van der Waals surface area contributed by atoms with Gasteiger partial charge in [-0.3, -0.25) is 4.79 Å². The van der Waals surface area contributed by atoms with Gasteiger partial charge < -0.3 is 10.6 Å². The first-order valence-electron chi connectivity index (χ1n) is 7.61. The molecule has 22 heavy (non-hydrogen) atoms. The van der Waals surface area contributed by atoms with Gasteiger partial charge in [-0.05, 0) is 35.2 Å². The Balaban J connectivity index is 0.00000176. The number of nitrogens with zero attached hydrogens (tertiary/aromatic N) is 1. The van der Waals surface area contributed by atoms with Crippen molar-refractivity contribution in [3.63, 3.8) is 0 Å². The first kappa shape index (κ1) is 16.8. The van der Waals surface area contributed by atoms with E-state index in [-0.39, 0.29) is 18.3 Å². The first-order valence-corrected chi connectivity index (χ1v) is 7.61. The Kier molecular flexibility index (Phi) is 5.09. The van der Waals surface area contributed by atoms with Gasteiger partial charge >= 0.3 is 0 Å². The Labute approximate surface area is 137 Å². The van der Waals surface area contributed by atoms with Gasteiger partial charge in [0.05, 0.1) is 5.54 Å².